The van der Waals surface area contributed by atoms with Crippen molar-refractivity contribution in [2.75, 3.05) is 13.1 Å². The number of rotatable bonds is 6. The van der Waals surface area contributed by atoms with Gasteiger partial charge in [0.2, 0.25) is 11.8 Å². The van der Waals surface area contributed by atoms with Gasteiger partial charge in [0.25, 0.3) is 0 Å². The van der Waals surface area contributed by atoms with E-state index in [0.717, 1.165) is 0 Å². The average molecular weight is 468 g/mol. The topological polar surface area (TPSA) is 99.6 Å². The first-order valence-electron chi connectivity index (χ1n) is 11.1. The zero-order chi connectivity index (χ0) is 24.1. The van der Waals surface area contributed by atoms with E-state index in [0.29, 0.717) is 48.5 Å². The van der Waals surface area contributed by atoms with E-state index in [1.165, 1.54) is 24.8 Å². The van der Waals surface area contributed by atoms with Crippen LogP contribution in [-0.2, 0) is 4.74 Å². The van der Waals surface area contributed by atoms with Crippen LogP contribution in [0.2, 0.25) is 0 Å². The lowest BCUT2D eigenvalue weighted by molar-refractivity contribution is 0.0505. The first kappa shape index (κ1) is 23.3. The Bertz CT molecular complexity index is 1140. The maximum atomic E-state index is 14.7. The molecule has 0 spiro atoms. The van der Waals surface area contributed by atoms with E-state index in [1.54, 1.807) is 30.3 Å². The van der Waals surface area contributed by atoms with Crippen LogP contribution >= 0.6 is 0 Å². The van der Waals surface area contributed by atoms with E-state index < -0.39 is 5.82 Å². The molecular weight excluding hydrogens is 441 g/mol. The van der Waals surface area contributed by atoms with Gasteiger partial charge in [-0.05, 0) is 38.5 Å². The first-order chi connectivity index (χ1) is 16.4. The molecule has 1 aliphatic rings. The maximum absolute atomic E-state index is 14.7. The number of halogens is 1. The summed E-state index contributed by atoms with van der Waals surface area (Å²) in [6.45, 7) is 6.47. The summed E-state index contributed by atoms with van der Waals surface area (Å²) in [6.07, 6.45) is 6.66. The largest absolute Gasteiger partial charge is 0.474 e. The number of ether oxygens (including phenoxy) is 3. The lowest BCUT2D eigenvalue weighted by Crippen LogP contribution is -2.42. The van der Waals surface area contributed by atoms with Gasteiger partial charge in [-0.2, -0.15) is 0 Å². The number of amides is 1. The predicted molar refractivity (Wildman–Crippen MR) is 121 cm³/mol. The van der Waals surface area contributed by atoms with E-state index in [-0.39, 0.29) is 29.9 Å². The summed E-state index contributed by atoms with van der Waals surface area (Å²) < 4.78 is 31.8. The third-order valence-electron chi connectivity index (χ3n) is 5.34. The highest BCUT2D eigenvalue weighted by Gasteiger charge is 2.26. The van der Waals surface area contributed by atoms with Gasteiger partial charge in [-0.25, -0.2) is 29.1 Å². The molecule has 0 bridgehead atoms. The Balaban J connectivity index is 1.40. The minimum Gasteiger partial charge on any atom is -0.474 e. The number of nitrogens with zero attached hydrogens (tertiary/aromatic N) is 5. The van der Waals surface area contributed by atoms with Crippen LogP contribution in [-0.4, -0.2) is 56.2 Å². The van der Waals surface area contributed by atoms with Crippen molar-refractivity contribution in [3.63, 3.8) is 0 Å². The second kappa shape index (κ2) is 10.4. The third-order valence-corrected chi connectivity index (χ3v) is 5.34. The summed E-state index contributed by atoms with van der Waals surface area (Å²) in [5, 5.41) is 0. The highest BCUT2D eigenvalue weighted by Crippen LogP contribution is 2.32. The summed E-state index contributed by atoms with van der Waals surface area (Å²) in [7, 11) is 0. The van der Waals surface area contributed by atoms with Crippen LogP contribution in [0.25, 0.3) is 11.1 Å². The van der Waals surface area contributed by atoms with Crippen molar-refractivity contribution in [3.8, 4) is 28.6 Å². The number of hydrogen-bond donors (Lipinski definition) is 0. The number of aromatic nitrogens is 4. The van der Waals surface area contributed by atoms with Gasteiger partial charge in [-0.3, -0.25) is 0 Å². The highest BCUT2D eigenvalue weighted by atomic mass is 19.1. The van der Waals surface area contributed by atoms with E-state index in [2.05, 4.69) is 19.9 Å². The van der Waals surface area contributed by atoms with Crippen LogP contribution in [0.15, 0.2) is 43.2 Å². The molecule has 1 aliphatic heterocycles. The Morgan fingerprint density at radius 1 is 1.06 bits per heavy atom. The number of hydrogen-bond acceptors (Lipinski definition) is 8. The van der Waals surface area contributed by atoms with Crippen LogP contribution in [0.5, 0.6) is 17.5 Å². The smallest absolute Gasteiger partial charge is 0.410 e. The SMILES string of the molecule is Cc1c(Oc2ccc(-c3cncnc3)cc2F)ncnc1OC1CCN(C(=O)OC(C)C)CC1. The fourth-order valence-electron chi connectivity index (χ4n) is 3.55. The molecule has 0 atom stereocenters. The molecule has 0 unspecified atom stereocenters. The van der Waals surface area contributed by atoms with Crippen molar-refractivity contribution in [2.24, 2.45) is 0 Å². The third kappa shape index (κ3) is 5.56. The maximum Gasteiger partial charge on any atom is 0.410 e. The summed E-state index contributed by atoms with van der Waals surface area (Å²) in [5.41, 5.74) is 1.90. The highest BCUT2D eigenvalue weighted by molar-refractivity contribution is 5.67. The number of benzene rings is 1. The molecule has 9 nitrogen and oxygen atoms in total. The van der Waals surface area contributed by atoms with Gasteiger partial charge < -0.3 is 19.1 Å². The first-order valence-corrected chi connectivity index (χ1v) is 11.1. The predicted octanol–water partition coefficient (Wildman–Crippen LogP) is 4.56. The van der Waals surface area contributed by atoms with E-state index in [4.69, 9.17) is 14.2 Å². The van der Waals surface area contributed by atoms with Crippen molar-refractivity contribution in [1.82, 2.24) is 24.8 Å². The lowest BCUT2D eigenvalue weighted by atomic mass is 10.1. The fraction of sp³-hybridized carbons (Fsp3) is 0.375. The Morgan fingerprint density at radius 3 is 2.44 bits per heavy atom. The monoisotopic (exact) mass is 467 g/mol. The molecule has 1 saturated heterocycles. The van der Waals surface area contributed by atoms with Gasteiger partial charge in [0, 0.05) is 43.9 Å². The second-order valence-electron chi connectivity index (χ2n) is 8.22. The molecule has 3 aromatic rings. The van der Waals surface area contributed by atoms with Crippen LogP contribution < -0.4 is 9.47 Å². The van der Waals surface area contributed by atoms with Crippen LogP contribution in [0, 0.1) is 12.7 Å². The molecule has 1 fully saturated rings. The minimum atomic E-state index is -0.539. The molecule has 4 rings (SSSR count). The van der Waals surface area contributed by atoms with E-state index in [9.17, 15) is 9.18 Å². The molecule has 10 heteroatoms. The summed E-state index contributed by atoms with van der Waals surface area (Å²) in [6, 6.07) is 4.62. The van der Waals surface area contributed by atoms with Crippen LogP contribution in [0.4, 0.5) is 9.18 Å². The van der Waals surface area contributed by atoms with Crippen molar-refractivity contribution in [2.45, 2.75) is 45.8 Å². The molecule has 0 radical (unpaired) electrons. The number of piperidine rings is 1. The average Bonchev–Trinajstić information content (AvgIpc) is 2.83. The number of carbonyl (C=O) groups is 1. The molecule has 178 valence electrons. The summed E-state index contributed by atoms with van der Waals surface area (Å²) >= 11 is 0. The molecule has 0 aliphatic carbocycles. The fourth-order valence-corrected chi connectivity index (χ4v) is 3.55. The Labute approximate surface area is 196 Å². The molecule has 1 aromatic carbocycles. The second-order valence-corrected chi connectivity index (χ2v) is 8.22. The normalized spacial score (nSPS) is 14.2. The van der Waals surface area contributed by atoms with Gasteiger partial charge in [-0.15, -0.1) is 0 Å². The Morgan fingerprint density at radius 2 is 1.76 bits per heavy atom. The molecule has 0 N–H and O–H groups in total. The van der Waals surface area contributed by atoms with Crippen LogP contribution in [0.1, 0.15) is 32.3 Å². The van der Waals surface area contributed by atoms with Gasteiger partial charge in [0.15, 0.2) is 11.6 Å². The van der Waals surface area contributed by atoms with Gasteiger partial charge in [0.05, 0.1) is 11.7 Å². The summed E-state index contributed by atoms with van der Waals surface area (Å²) in [5.74, 6) is 0.0668. The number of likely N-dealkylation sites (tertiary alicyclic amines) is 1. The van der Waals surface area contributed by atoms with Crippen molar-refractivity contribution < 1.29 is 23.4 Å². The molecule has 2 aromatic heterocycles. The van der Waals surface area contributed by atoms with Crippen molar-refractivity contribution in [3.05, 3.63) is 54.6 Å². The molecule has 34 heavy (non-hydrogen) atoms. The summed E-state index contributed by atoms with van der Waals surface area (Å²) in [4.78, 5) is 30.0. The van der Waals surface area contributed by atoms with Gasteiger partial charge in [-0.1, -0.05) is 6.07 Å². The molecular formula is C24H26FN5O4. The molecule has 1 amide bonds. The molecule has 0 saturated carbocycles. The van der Waals surface area contributed by atoms with Crippen LogP contribution in [0.3, 0.4) is 0 Å². The Kier molecular flexibility index (Phi) is 7.15. The Hall–Kier alpha value is -3.82. The minimum absolute atomic E-state index is 0.0327. The zero-order valence-corrected chi connectivity index (χ0v) is 19.3. The van der Waals surface area contributed by atoms with E-state index >= 15 is 0 Å². The van der Waals surface area contributed by atoms with Gasteiger partial charge >= 0.3 is 6.09 Å². The van der Waals surface area contributed by atoms with Gasteiger partial charge in [0.1, 0.15) is 18.8 Å². The zero-order valence-electron chi connectivity index (χ0n) is 19.3. The standard InChI is InChI=1S/C24H26FN5O4/c1-15(2)32-24(31)30-8-6-19(7-9-30)33-22-16(3)23(29-14-28-22)34-21-5-4-17(10-20(21)25)18-11-26-13-27-12-18/h4-5,10-15,19H,6-9H2,1-3H3. The van der Waals surface area contributed by atoms with E-state index in [1.807, 2.05) is 13.8 Å². The quantitative estimate of drug-likeness (QED) is 0.520. The van der Waals surface area contributed by atoms with Crippen molar-refractivity contribution >= 4 is 6.09 Å². The molecule has 3 heterocycles. The lowest BCUT2D eigenvalue weighted by Gasteiger charge is -2.31. The van der Waals surface area contributed by atoms with Crippen molar-refractivity contribution in [1.29, 1.82) is 0 Å². The number of carbonyl (C=O) groups excluding carboxylic acids is 1.